The van der Waals surface area contributed by atoms with Gasteiger partial charge in [-0.3, -0.25) is 0 Å². The Hall–Kier alpha value is -0.770. The summed E-state index contributed by atoms with van der Waals surface area (Å²) in [5, 5.41) is 0. The second-order valence-electron chi connectivity index (χ2n) is 6.81. The third kappa shape index (κ3) is 6.81. The zero-order chi connectivity index (χ0) is 15.3. The normalized spacial score (nSPS) is 12.9. The molecular formula is C15H30O4. The fourth-order valence-electron chi connectivity index (χ4n) is 1.16. The van der Waals surface area contributed by atoms with Gasteiger partial charge in [0.2, 0.25) is 0 Å². The molecule has 0 N–H and O–H groups in total. The quantitative estimate of drug-likeness (QED) is 0.658. The van der Waals surface area contributed by atoms with Gasteiger partial charge in [-0.1, -0.05) is 27.7 Å². The van der Waals surface area contributed by atoms with Crippen LogP contribution in [0.3, 0.4) is 0 Å². The number of ether oxygens (including phenoxy) is 3. The molecule has 0 radical (unpaired) electrons. The van der Waals surface area contributed by atoms with Crippen molar-refractivity contribution in [2.45, 2.75) is 67.1 Å². The summed E-state index contributed by atoms with van der Waals surface area (Å²) in [5.74, 6) is 0.299. The lowest BCUT2D eigenvalue weighted by atomic mass is 9.78. The maximum Gasteiger partial charge on any atom is 0.508 e. The molecule has 0 spiro atoms. The van der Waals surface area contributed by atoms with Crippen molar-refractivity contribution in [2.24, 2.45) is 11.3 Å². The summed E-state index contributed by atoms with van der Waals surface area (Å²) in [5.41, 5.74) is -0.954. The number of hydrogen-bond donors (Lipinski definition) is 0. The molecule has 0 unspecified atom stereocenters. The van der Waals surface area contributed by atoms with Gasteiger partial charge >= 0.3 is 6.16 Å². The minimum atomic E-state index is -0.657. The summed E-state index contributed by atoms with van der Waals surface area (Å²) in [6, 6.07) is 0. The molecule has 114 valence electrons. The van der Waals surface area contributed by atoms with E-state index in [2.05, 4.69) is 0 Å². The van der Waals surface area contributed by atoms with E-state index in [1.807, 2.05) is 55.4 Å². The van der Waals surface area contributed by atoms with Crippen LogP contribution in [0.2, 0.25) is 0 Å². The Morgan fingerprint density at radius 1 is 1.05 bits per heavy atom. The highest BCUT2D eigenvalue weighted by Gasteiger charge is 2.41. The van der Waals surface area contributed by atoms with Crippen LogP contribution in [-0.2, 0) is 14.2 Å². The van der Waals surface area contributed by atoms with Crippen molar-refractivity contribution >= 4 is 6.16 Å². The molecule has 0 aromatic heterocycles. The number of carbonyl (C=O) groups is 1. The molecule has 0 heterocycles. The lowest BCUT2D eigenvalue weighted by Crippen LogP contribution is -2.46. The SMILES string of the molecule is CC(C)COC(=O)OC(C)(C)C(C)(C)COC(C)C. The van der Waals surface area contributed by atoms with Crippen molar-refractivity contribution in [3.63, 3.8) is 0 Å². The van der Waals surface area contributed by atoms with Crippen LogP contribution in [0.25, 0.3) is 0 Å². The first-order valence-corrected chi connectivity index (χ1v) is 6.95. The van der Waals surface area contributed by atoms with Crippen LogP contribution in [0, 0.1) is 11.3 Å². The van der Waals surface area contributed by atoms with Gasteiger partial charge in [0.25, 0.3) is 0 Å². The zero-order valence-corrected chi connectivity index (χ0v) is 13.7. The smallest absolute Gasteiger partial charge is 0.434 e. The highest BCUT2D eigenvalue weighted by molar-refractivity contribution is 5.60. The van der Waals surface area contributed by atoms with E-state index in [-0.39, 0.29) is 11.5 Å². The summed E-state index contributed by atoms with van der Waals surface area (Å²) >= 11 is 0. The van der Waals surface area contributed by atoms with Crippen LogP contribution in [0.5, 0.6) is 0 Å². The van der Waals surface area contributed by atoms with Crippen LogP contribution in [0.4, 0.5) is 4.79 Å². The molecule has 4 nitrogen and oxygen atoms in total. The van der Waals surface area contributed by atoms with Gasteiger partial charge in [0.15, 0.2) is 0 Å². The van der Waals surface area contributed by atoms with E-state index < -0.39 is 11.8 Å². The third-order valence-electron chi connectivity index (χ3n) is 3.28. The van der Waals surface area contributed by atoms with Crippen molar-refractivity contribution in [2.75, 3.05) is 13.2 Å². The maximum atomic E-state index is 11.7. The molecule has 0 aliphatic heterocycles. The standard InChI is InChI=1S/C15H30O4/c1-11(2)9-17-13(16)19-15(7,8)14(5,6)10-18-12(3)4/h11-12H,9-10H2,1-8H3. The Labute approximate surface area is 117 Å². The van der Waals surface area contributed by atoms with E-state index in [0.29, 0.717) is 19.1 Å². The van der Waals surface area contributed by atoms with Crippen LogP contribution in [0.15, 0.2) is 0 Å². The molecule has 0 aromatic carbocycles. The molecule has 0 saturated carbocycles. The van der Waals surface area contributed by atoms with Crippen molar-refractivity contribution < 1.29 is 19.0 Å². The largest absolute Gasteiger partial charge is 0.508 e. The summed E-state index contributed by atoms with van der Waals surface area (Å²) in [6.07, 6.45) is -0.459. The average molecular weight is 274 g/mol. The predicted octanol–water partition coefficient (Wildman–Crippen LogP) is 4.03. The highest BCUT2D eigenvalue weighted by Crippen LogP contribution is 2.34. The van der Waals surface area contributed by atoms with E-state index in [4.69, 9.17) is 14.2 Å². The maximum absolute atomic E-state index is 11.7. The molecule has 0 atom stereocenters. The van der Waals surface area contributed by atoms with Gasteiger partial charge in [0, 0.05) is 5.41 Å². The lowest BCUT2D eigenvalue weighted by Gasteiger charge is -2.40. The van der Waals surface area contributed by atoms with Gasteiger partial charge in [-0.15, -0.1) is 0 Å². The summed E-state index contributed by atoms with van der Waals surface area (Å²) in [4.78, 5) is 11.7. The molecule has 0 bridgehead atoms. The summed E-state index contributed by atoms with van der Waals surface area (Å²) in [7, 11) is 0. The molecule has 0 aliphatic carbocycles. The van der Waals surface area contributed by atoms with Crippen LogP contribution in [0.1, 0.15) is 55.4 Å². The molecular weight excluding hydrogens is 244 g/mol. The monoisotopic (exact) mass is 274 g/mol. The van der Waals surface area contributed by atoms with Crippen molar-refractivity contribution in [3.05, 3.63) is 0 Å². The molecule has 0 fully saturated rings. The molecule has 4 heteroatoms. The Bertz CT molecular complexity index is 280. The Morgan fingerprint density at radius 3 is 2.00 bits per heavy atom. The molecule has 0 saturated heterocycles. The van der Waals surface area contributed by atoms with Crippen LogP contribution in [-0.4, -0.2) is 31.1 Å². The van der Waals surface area contributed by atoms with Gasteiger partial charge in [-0.2, -0.15) is 0 Å². The summed E-state index contributed by atoms with van der Waals surface area (Å²) in [6.45, 7) is 16.6. The van der Waals surface area contributed by atoms with Crippen molar-refractivity contribution in [3.8, 4) is 0 Å². The fraction of sp³-hybridized carbons (Fsp3) is 0.933. The van der Waals surface area contributed by atoms with Crippen molar-refractivity contribution in [1.82, 2.24) is 0 Å². The molecule has 19 heavy (non-hydrogen) atoms. The van der Waals surface area contributed by atoms with Gasteiger partial charge < -0.3 is 14.2 Å². The average Bonchev–Trinajstić information content (AvgIpc) is 2.23. The fourth-order valence-corrected chi connectivity index (χ4v) is 1.16. The first-order valence-electron chi connectivity index (χ1n) is 6.95. The third-order valence-corrected chi connectivity index (χ3v) is 3.28. The van der Waals surface area contributed by atoms with E-state index >= 15 is 0 Å². The minimum Gasteiger partial charge on any atom is -0.434 e. The number of carbonyl (C=O) groups excluding carboxylic acids is 1. The minimum absolute atomic E-state index is 0.156. The second-order valence-corrected chi connectivity index (χ2v) is 6.81. The number of hydrogen-bond acceptors (Lipinski definition) is 4. The molecule has 0 rings (SSSR count). The van der Waals surface area contributed by atoms with Gasteiger partial charge in [-0.05, 0) is 33.6 Å². The first kappa shape index (κ1) is 18.2. The van der Waals surface area contributed by atoms with E-state index in [1.165, 1.54) is 0 Å². The molecule has 0 aromatic rings. The predicted molar refractivity (Wildman–Crippen MR) is 76.2 cm³/mol. The Balaban J connectivity index is 4.45. The first-order chi connectivity index (χ1) is 8.48. The zero-order valence-electron chi connectivity index (χ0n) is 13.7. The van der Waals surface area contributed by atoms with Gasteiger partial charge in [0.05, 0.1) is 19.3 Å². The van der Waals surface area contributed by atoms with Gasteiger partial charge in [-0.25, -0.2) is 4.79 Å². The van der Waals surface area contributed by atoms with Crippen LogP contribution < -0.4 is 0 Å². The van der Waals surface area contributed by atoms with E-state index in [0.717, 1.165) is 0 Å². The molecule has 0 amide bonds. The van der Waals surface area contributed by atoms with Crippen molar-refractivity contribution in [1.29, 1.82) is 0 Å². The highest BCUT2D eigenvalue weighted by atomic mass is 16.7. The molecule has 0 aliphatic rings. The van der Waals surface area contributed by atoms with E-state index in [1.54, 1.807) is 0 Å². The van der Waals surface area contributed by atoms with E-state index in [9.17, 15) is 4.79 Å². The van der Waals surface area contributed by atoms with Crippen LogP contribution >= 0.6 is 0 Å². The number of rotatable bonds is 7. The van der Waals surface area contributed by atoms with Gasteiger partial charge in [0.1, 0.15) is 5.60 Å². The topological polar surface area (TPSA) is 44.8 Å². The Morgan fingerprint density at radius 2 is 1.58 bits per heavy atom. The Kier molecular flexibility index (Phi) is 6.84. The second kappa shape index (κ2) is 7.13. The lowest BCUT2D eigenvalue weighted by molar-refractivity contribution is -0.114. The summed E-state index contributed by atoms with van der Waals surface area (Å²) < 4.78 is 16.1.